The molecule has 7 heteroatoms. The van der Waals surface area contributed by atoms with Gasteiger partial charge in [-0.1, -0.05) is 15.9 Å². The lowest BCUT2D eigenvalue weighted by atomic mass is 10.1. The van der Waals surface area contributed by atoms with Gasteiger partial charge in [-0.3, -0.25) is 4.79 Å². The van der Waals surface area contributed by atoms with Crippen molar-refractivity contribution in [2.75, 3.05) is 25.6 Å². The molecule has 2 aromatic rings. The van der Waals surface area contributed by atoms with Crippen LogP contribution in [0.4, 0.5) is 5.69 Å². The first-order chi connectivity index (χ1) is 12.1. The summed E-state index contributed by atoms with van der Waals surface area (Å²) in [6, 6.07) is 7.11. The lowest BCUT2D eigenvalue weighted by molar-refractivity contribution is -0.115. The summed E-state index contributed by atoms with van der Waals surface area (Å²) in [6.07, 6.45) is 1.77. The first kappa shape index (κ1) is 19.1. The first-order valence-corrected chi connectivity index (χ1v) is 8.75. The third-order valence-electron chi connectivity index (χ3n) is 3.30. The van der Waals surface area contributed by atoms with Crippen LogP contribution in [-0.2, 0) is 11.2 Å². The predicted molar refractivity (Wildman–Crippen MR) is 99.6 cm³/mol. The SMILES string of the molecule is CCOc1cc(Br)c(CC(=O)Nc2cccnc2OC)cc1OCC. The van der Waals surface area contributed by atoms with Gasteiger partial charge in [0.2, 0.25) is 11.8 Å². The Kier molecular flexibility index (Phi) is 7.06. The average molecular weight is 409 g/mol. The Balaban J connectivity index is 2.18. The van der Waals surface area contributed by atoms with Gasteiger partial charge in [0.05, 0.1) is 26.7 Å². The number of benzene rings is 1. The van der Waals surface area contributed by atoms with Gasteiger partial charge >= 0.3 is 0 Å². The zero-order valence-corrected chi connectivity index (χ0v) is 16.1. The molecule has 134 valence electrons. The highest BCUT2D eigenvalue weighted by Gasteiger charge is 2.15. The Hall–Kier alpha value is -2.28. The number of amides is 1. The lowest BCUT2D eigenvalue weighted by Crippen LogP contribution is -2.16. The zero-order chi connectivity index (χ0) is 18.2. The number of rotatable bonds is 8. The van der Waals surface area contributed by atoms with E-state index in [4.69, 9.17) is 14.2 Å². The predicted octanol–water partition coefficient (Wildman–Crippen LogP) is 3.83. The van der Waals surface area contributed by atoms with Crippen LogP contribution in [0.1, 0.15) is 19.4 Å². The van der Waals surface area contributed by atoms with Crippen LogP contribution >= 0.6 is 15.9 Å². The molecule has 1 heterocycles. The minimum absolute atomic E-state index is 0.172. The highest BCUT2D eigenvalue weighted by atomic mass is 79.9. The van der Waals surface area contributed by atoms with Crippen LogP contribution in [-0.4, -0.2) is 31.2 Å². The van der Waals surface area contributed by atoms with Gasteiger partial charge in [-0.25, -0.2) is 4.98 Å². The number of methoxy groups -OCH3 is 1. The van der Waals surface area contributed by atoms with Gasteiger partial charge in [-0.2, -0.15) is 0 Å². The molecule has 0 saturated carbocycles. The van der Waals surface area contributed by atoms with Gasteiger partial charge in [-0.15, -0.1) is 0 Å². The number of nitrogens with one attached hydrogen (secondary N) is 1. The van der Waals surface area contributed by atoms with Crippen molar-refractivity contribution >= 4 is 27.5 Å². The number of hydrogen-bond acceptors (Lipinski definition) is 5. The fourth-order valence-electron chi connectivity index (χ4n) is 2.27. The van der Waals surface area contributed by atoms with Crippen LogP contribution in [0.5, 0.6) is 17.4 Å². The molecule has 1 aromatic carbocycles. The van der Waals surface area contributed by atoms with Gasteiger partial charge < -0.3 is 19.5 Å². The van der Waals surface area contributed by atoms with E-state index in [-0.39, 0.29) is 12.3 Å². The van der Waals surface area contributed by atoms with E-state index >= 15 is 0 Å². The largest absolute Gasteiger partial charge is 0.490 e. The first-order valence-electron chi connectivity index (χ1n) is 7.95. The molecule has 0 radical (unpaired) electrons. The van der Waals surface area contributed by atoms with Crippen LogP contribution in [0.2, 0.25) is 0 Å². The molecular formula is C18H21BrN2O4. The van der Waals surface area contributed by atoms with Gasteiger partial charge in [0, 0.05) is 10.7 Å². The average Bonchev–Trinajstić information content (AvgIpc) is 2.59. The van der Waals surface area contributed by atoms with E-state index in [9.17, 15) is 4.79 Å². The van der Waals surface area contributed by atoms with Crippen LogP contribution in [0, 0.1) is 0 Å². The molecule has 0 aliphatic heterocycles. The van der Waals surface area contributed by atoms with Crippen molar-refractivity contribution in [1.29, 1.82) is 0 Å². The number of aromatic nitrogens is 1. The van der Waals surface area contributed by atoms with Gasteiger partial charge in [0.1, 0.15) is 5.69 Å². The number of halogens is 1. The molecule has 2 rings (SSSR count). The molecule has 0 aliphatic carbocycles. The molecular weight excluding hydrogens is 388 g/mol. The van der Waals surface area contributed by atoms with Crippen molar-refractivity contribution in [2.24, 2.45) is 0 Å². The Morgan fingerprint density at radius 1 is 1.20 bits per heavy atom. The molecule has 0 spiro atoms. The number of carbonyl (C=O) groups is 1. The second-order valence-electron chi connectivity index (χ2n) is 5.04. The molecule has 6 nitrogen and oxygen atoms in total. The van der Waals surface area contributed by atoms with Crippen LogP contribution in [0.15, 0.2) is 34.9 Å². The lowest BCUT2D eigenvalue weighted by Gasteiger charge is -2.14. The quantitative estimate of drug-likeness (QED) is 0.718. The summed E-state index contributed by atoms with van der Waals surface area (Å²) in [4.78, 5) is 16.5. The second kappa shape index (κ2) is 9.27. The third kappa shape index (κ3) is 5.09. The molecule has 1 N–H and O–H groups in total. The zero-order valence-electron chi connectivity index (χ0n) is 14.5. The minimum Gasteiger partial charge on any atom is -0.490 e. The van der Waals surface area contributed by atoms with E-state index in [0.717, 1.165) is 10.0 Å². The maximum absolute atomic E-state index is 12.4. The maximum atomic E-state index is 12.4. The minimum atomic E-state index is -0.182. The number of carbonyl (C=O) groups excluding carboxylic acids is 1. The monoisotopic (exact) mass is 408 g/mol. The normalized spacial score (nSPS) is 10.2. The molecule has 0 bridgehead atoms. The summed E-state index contributed by atoms with van der Waals surface area (Å²) in [5, 5.41) is 2.81. The van der Waals surface area contributed by atoms with E-state index in [1.807, 2.05) is 26.0 Å². The smallest absolute Gasteiger partial charge is 0.237 e. The van der Waals surface area contributed by atoms with E-state index < -0.39 is 0 Å². The van der Waals surface area contributed by atoms with Crippen molar-refractivity contribution in [3.05, 3.63) is 40.5 Å². The van der Waals surface area contributed by atoms with Crippen molar-refractivity contribution in [2.45, 2.75) is 20.3 Å². The fourth-order valence-corrected chi connectivity index (χ4v) is 2.73. The van der Waals surface area contributed by atoms with Crippen molar-refractivity contribution in [3.63, 3.8) is 0 Å². The maximum Gasteiger partial charge on any atom is 0.237 e. The summed E-state index contributed by atoms with van der Waals surface area (Å²) in [7, 11) is 1.51. The number of hydrogen-bond donors (Lipinski definition) is 1. The molecule has 1 aromatic heterocycles. The third-order valence-corrected chi connectivity index (χ3v) is 4.04. The molecule has 1 amide bonds. The highest BCUT2D eigenvalue weighted by molar-refractivity contribution is 9.10. The fraction of sp³-hybridized carbons (Fsp3) is 0.333. The summed E-state index contributed by atoms with van der Waals surface area (Å²) in [6.45, 7) is 4.86. The van der Waals surface area contributed by atoms with Crippen LogP contribution in [0.3, 0.4) is 0 Å². The molecule has 0 aliphatic rings. The standard InChI is InChI=1S/C18H21BrN2O4/c1-4-24-15-9-12(13(19)11-16(15)25-5-2)10-17(22)21-14-7-6-8-20-18(14)23-3/h6-9,11H,4-5,10H2,1-3H3,(H,21,22). The van der Waals surface area contributed by atoms with Gasteiger partial charge in [-0.05, 0) is 43.7 Å². The van der Waals surface area contributed by atoms with Crippen molar-refractivity contribution in [1.82, 2.24) is 4.98 Å². The topological polar surface area (TPSA) is 69.7 Å². The molecule has 0 fully saturated rings. The van der Waals surface area contributed by atoms with Gasteiger partial charge in [0.25, 0.3) is 0 Å². The van der Waals surface area contributed by atoms with Crippen molar-refractivity contribution < 1.29 is 19.0 Å². The number of pyridine rings is 1. The number of anilines is 1. The van der Waals surface area contributed by atoms with E-state index in [2.05, 4.69) is 26.2 Å². The van der Waals surface area contributed by atoms with Crippen LogP contribution in [0.25, 0.3) is 0 Å². The number of ether oxygens (including phenoxy) is 3. The Labute approximate surface area is 155 Å². The van der Waals surface area contributed by atoms with Gasteiger partial charge in [0.15, 0.2) is 11.5 Å². The molecule has 0 atom stereocenters. The van der Waals surface area contributed by atoms with E-state index in [0.29, 0.717) is 36.3 Å². The molecule has 25 heavy (non-hydrogen) atoms. The summed E-state index contributed by atoms with van der Waals surface area (Å²) >= 11 is 3.49. The van der Waals surface area contributed by atoms with Crippen molar-refractivity contribution in [3.8, 4) is 17.4 Å². The highest BCUT2D eigenvalue weighted by Crippen LogP contribution is 2.34. The molecule has 0 saturated heterocycles. The second-order valence-corrected chi connectivity index (χ2v) is 5.90. The Morgan fingerprint density at radius 3 is 2.52 bits per heavy atom. The summed E-state index contributed by atoms with van der Waals surface area (Å²) in [5.41, 5.74) is 1.33. The number of nitrogens with zero attached hydrogens (tertiary/aromatic N) is 1. The molecule has 0 unspecified atom stereocenters. The van der Waals surface area contributed by atoms with E-state index in [1.165, 1.54) is 7.11 Å². The summed E-state index contributed by atoms with van der Waals surface area (Å²) in [5.74, 6) is 1.46. The van der Waals surface area contributed by atoms with E-state index in [1.54, 1.807) is 18.3 Å². The Morgan fingerprint density at radius 2 is 1.88 bits per heavy atom. The summed E-state index contributed by atoms with van der Waals surface area (Å²) < 4.78 is 17.1. The van der Waals surface area contributed by atoms with Crippen LogP contribution < -0.4 is 19.5 Å². The Bertz CT molecular complexity index is 737.